The van der Waals surface area contributed by atoms with Crippen molar-refractivity contribution in [2.24, 2.45) is 5.92 Å². The topological polar surface area (TPSA) is 45.7 Å². The molecule has 0 bridgehead atoms. The Morgan fingerprint density at radius 3 is 2.62 bits per heavy atom. The minimum Gasteiger partial charge on any atom is -0.465 e. The summed E-state index contributed by atoms with van der Waals surface area (Å²) < 4.78 is 4.80. The van der Waals surface area contributed by atoms with Crippen molar-refractivity contribution < 1.29 is 9.53 Å². The van der Waals surface area contributed by atoms with E-state index in [-0.39, 0.29) is 5.97 Å². The molecule has 1 aromatic heterocycles. The minimum absolute atomic E-state index is 0.313. The molecule has 144 valence electrons. The molecule has 3 heterocycles. The molecule has 2 saturated heterocycles. The zero-order valence-electron chi connectivity index (χ0n) is 16.5. The molecule has 5 heteroatoms. The van der Waals surface area contributed by atoms with Gasteiger partial charge in [0, 0.05) is 19.1 Å². The first kappa shape index (κ1) is 19.2. The van der Waals surface area contributed by atoms with E-state index >= 15 is 0 Å². The van der Waals surface area contributed by atoms with Gasteiger partial charge in [-0.3, -0.25) is 0 Å². The first-order chi connectivity index (χ1) is 12.6. The number of ether oxygens (including phenoxy) is 1. The Hall–Kier alpha value is -1.62. The molecule has 0 aliphatic carbocycles. The van der Waals surface area contributed by atoms with E-state index in [1.54, 1.807) is 0 Å². The lowest BCUT2D eigenvalue weighted by Crippen LogP contribution is -2.40. The normalized spacial score (nSPS) is 22.4. The van der Waals surface area contributed by atoms with Crippen molar-refractivity contribution in [2.75, 3.05) is 38.2 Å². The number of hydrogen-bond donors (Lipinski definition) is 0. The zero-order chi connectivity index (χ0) is 18.5. The minimum atomic E-state index is -0.313. The summed E-state index contributed by atoms with van der Waals surface area (Å²) in [5, 5.41) is 0. The molecule has 2 aliphatic heterocycles. The van der Waals surface area contributed by atoms with Crippen LogP contribution in [0.25, 0.3) is 0 Å². The molecule has 5 nitrogen and oxygen atoms in total. The van der Waals surface area contributed by atoms with Gasteiger partial charge in [-0.25, -0.2) is 9.78 Å². The second kappa shape index (κ2) is 8.85. The first-order valence-corrected chi connectivity index (χ1v) is 10.1. The summed E-state index contributed by atoms with van der Waals surface area (Å²) >= 11 is 0. The number of esters is 1. The van der Waals surface area contributed by atoms with Gasteiger partial charge < -0.3 is 14.5 Å². The number of aromatic nitrogens is 1. The number of likely N-dealkylation sites (tertiary alicyclic amines) is 1. The van der Waals surface area contributed by atoms with Gasteiger partial charge in [0.15, 0.2) is 0 Å². The van der Waals surface area contributed by atoms with Crippen LogP contribution in [0.15, 0.2) is 12.1 Å². The van der Waals surface area contributed by atoms with Crippen LogP contribution in [-0.4, -0.2) is 55.2 Å². The van der Waals surface area contributed by atoms with Gasteiger partial charge in [-0.2, -0.15) is 0 Å². The number of rotatable bonds is 5. The lowest BCUT2D eigenvalue weighted by atomic mass is 9.92. The summed E-state index contributed by atoms with van der Waals surface area (Å²) in [5.41, 5.74) is 1.30. The number of carbonyl (C=O) groups is 1. The van der Waals surface area contributed by atoms with Gasteiger partial charge in [0.05, 0.1) is 18.4 Å². The third-order valence-corrected chi connectivity index (χ3v) is 6.18. The molecule has 0 radical (unpaired) electrons. The number of aryl methyl sites for hydroxylation is 1. The Bertz CT molecular complexity index is 611. The Morgan fingerprint density at radius 2 is 1.96 bits per heavy atom. The fourth-order valence-electron chi connectivity index (χ4n) is 4.34. The molecule has 0 saturated carbocycles. The number of methoxy groups -OCH3 is 1. The number of pyridine rings is 1. The molecule has 0 N–H and O–H groups in total. The number of piperidine rings is 2. The van der Waals surface area contributed by atoms with Crippen molar-refractivity contribution in [3.05, 3.63) is 23.4 Å². The third kappa shape index (κ3) is 4.56. The third-order valence-electron chi connectivity index (χ3n) is 6.18. The molecule has 0 aromatic carbocycles. The van der Waals surface area contributed by atoms with E-state index in [9.17, 15) is 4.79 Å². The van der Waals surface area contributed by atoms with Crippen LogP contribution >= 0.6 is 0 Å². The van der Waals surface area contributed by atoms with Crippen molar-refractivity contribution in [2.45, 2.75) is 58.4 Å². The maximum absolute atomic E-state index is 11.7. The first-order valence-electron chi connectivity index (χ1n) is 10.1. The lowest BCUT2D eigenvalue weighted by Gasteiger charge is -2.37. The summed E-state index contributed by atoms with van der Waals surface area (Å²) in [7, 11) is 1.41. The molecular weight excluding hydrogens is 326 g/mol. The van der Waals surface area contributed by atoms with Gasteiger partial charge in [-0.1, -0.05) is 6.42 Å². The maximum Gasteiger partial charge on any atom is 0.339 e. The molecule has 1 atom stereocenters. The summed E-state index contributed by atoms with van der Waals surface area (Å²) in [6.45, 7) is 8.93. The molecule has 0 amide bonds. The van der Waals surface area contributed by atoms with Crippen LogP contribution in [0, 0.1) is 12.8 Å². The zero-order valence-corrected chi connectivity index (χ0v) is 16.5. The van der Waals surface area contributed by atoms with Crippen LogP contribution in [0.3, 0.4) is 0 Å². The van der Waals surface area contributed by atoms with Gasteiger partial charge in [-0.15, -0.1) is 0 Å². The van der Waals surface area contributed by atoms with E-state index in [1.165, 1.54) is 58.7 Å². The fraction of sp³-hybridized carbons (Fsp3) is 0.714. The number of nitrogens with zero attached hydrogens (tertiary/aromatic N) is 3. The van der Waals surface area contributed by atoms with Gasteiger partial charge in [0.1, 0.15) is 5.82 Å². The van der Waals surface area contributed by atoms with Gasteiger partial charge >= 0.3 is 5.97 Å². The van der Waals surface area contributed by atoms with Crippen LogP contribution in [-0.2, 0) is 4.74 Å². The number of carbonyl (C=O) groups excluding carboxylic acids is 1. The number of hydrogen-bond acceptors (Lipinski definition) is 5. The lowest BCUT2D eigenvalue weighted by molar-refractivity contribution is 0.0599. The molecular formula is C21H33N3O2. The Morgan fingerprint density at radius 1 is 1.19 bits per heavy atom. The Labute approximate surface area is 157 Å². The predicted molar refractivity (Wildman–Crippen MR) is 105 cm³/mol. The van der Waals surface area contributed by atoms with Gasteiger partial charge in [-0.05, 0) is 77.1 Å². The van der Waals surface area contributed by atoms with E-state index < -0.39 is 0 Å². The van der Waals surface area contributed by atoms with E-state index in [2.05, 4.69) is 21.7 Å². The van der Waals surface area contributed by atoms with Crippen LogP contribution in [0.5, 0.6) is 0 Å². The average molecular weight is 360 g/mol. The van der Waals surface area contributed by atoms with Crippen molar-refractivity contribution in [3.63, 3.8) is 0 Å². The van der Waals surface area contributed by atoms with Crippen LogP contribution in [0.4, 0.5) is 5.82 Å². The number of anilines is 1. The Balaban J connectivity index is 1.49. The maximum atomic E-state index is 11.7. The van der Waals surface area contributed by atoms with Crippen LogP contribution < -0.4 is 4.90 Å². The van der Waals surface area contributed by atoms with E-state index in [0.717, 1.165) is 36.6 Å². The summed E-state index contributed by atoms with van der Waals surface area (Å²) in [4.78, 5) is 21.4. The second-order valence-electron chi connectivity index (χ2n) is 7.89. The molecule has 2 fully saturated rings. The van der Waals surface area contributed by atoms with Gasteiger partial charge in [0.25, 0.3) is 0 Å². The highest BCUT2D eigenvalue weighted by Crippen LogP contribution is 2.26. The SMILES string of the molecule is COC(=O)c1ccc(N2CCC(CCN3CCCCC3C)CC2)nc1C. The standard InChI is InChI=1S/C21H33N3O2/c1-16-6-4-5-12-23(16)13-9-18-10-14-24(15-11-18)20-8-7-19(17(2)22-20)21(25)26-3/h7-8,16,18H,4-6,9-15H2,1-3H3. The molecule has 0 spiro atoms. The van der Waals surface area contributed by atoms with E-state index in [1.807, 2.05) is 19.1 Å². The summed E-state index contributed by atoms with van der Waals surface area (Å²) in [5.74, 6) is 1.50. The van der Waals surface area contributed by atoms with E-state index in [0.29, 0.717) is 5.56 Å². The molecule has 2 aliphatic rings. The second-order valence-corrected chi connectivity index (χ2v) is 7.89. The molecule has 3 rings (SSSR count). The van der Waals surface area contributed by atoms with Crippen LogP contribution in [0.1, 0.15) is 61.5 Å². The fourth-order valence-corrected chi connectivity index (χ4v) is 4.34. The largest absolute Gasteiger partial charge is 0.465 e. The summed E-state index contributed by atoms with van der Waals surface area (Å²) in [6, 6.07) is 4.56. The highest BCUT2D eigenvalue weighted by atomic mass is 16.5. The van der Waals surface area contributed by atoms with Crippen molar-refractivity contribution in [1.82, 2.24) is 9.88 Å². The van der Waals surface area contributed by atoms with Crippen LogP contribution in [0.2, 0.25) is 0 Å². The van der Waals surface area contributed by atoms with Crippen molar-refractivity contribution in [1.29, 1.82) is 0 Å². The molecule has 1 unspecified atom stereocenters. The summed E-state index contributed by atoms with van der Waals surface area (Å²) in [6.07, 6.45) is 7.94. The average Bonchev–Trinajstić information content (AvgIpc) is 2.67. The van der Waals surface area contributed by atoms with E-state index in [4.69, 9.17) is 4.74 Å². The Kier molecular flexibility index (Phi) is 6.52. The quantitative estimate of drug-likeness (QED) is 0.751. The monoisotopic (exact) mass is 359 g/mol. The molecule has 26 heavy (non-hydrogen) atoms. The van der Waals surface area contributed by atoms with Gasteiger partial charge in [0.2, 0.25) is 0 Å². The highest BCUT2D eigenvalue weighted by Gasteiger charge is 2.23. The predicted octanol–water partition coefficient (Wildman–Crippen LogP) is 3.66. The highest BCUT2D eigenvalue weighted by molar-refractivity contribution is 5.90. The molecule has 1 aromatic rings. The smallest absolute Gasteiger partial charge is 0.339 e. The van der Waals surface area contributed by atoms with Crippen molar-refractivity contribution >= 4 is 11.8 Å². The van der Waals surface area contributed by atoms with Crippen molar-refractivity contribution in [3.8, 4) is 0 Å².